The Labute approximate surface area is 112 Å². The van der Waals surface area contributed by atoms with Crippen LogP contribution in [0.3, 0.4) is 0 Å². The number of aryl methyl sites for hydroxylation is 1. The summed E-state index contributed by atoms with van der Waals surface area (Å²) in [7, 11) is -3.71. The van der Waals surface area contributed by atoms with Gasteiger partial charge < -0.3 is 5.32 Å². The molecule has 1 saturated heterocycles. The number of benzene rings is 1. The molecule has 1 atom stereocenters. The highest BCUT2D eigenvalue weighted by Gasteiger charge is 2.23. The fraction of sp³-hybridized carbons (Fsp3) is 0.417. The summed E-state index contributed by atoms with van der Waals surface area (Å²) in [5, 5.41) is 2.99. The van der Waals surface area contributed by atoms with Crippen molar-refractivity contribution in [3.8, 4) is 0 Å². The predicted molar refractivity (Wildman–Crippen MR) is 70.7 cm³/mol. The molecule has 0 aliphatic carbocycles. The largest absolute Gasteiger partial charge is 0.306 e. The third-order valence-electron chi connectivity index (χ3n) is 3.02. The van der Waals surface area contributed by atoms with Gasteiger partial charge in [0, 0.05) is 0 Å². The number of amides is 1. The Morgan fingerprint density at radius 2 is 2.00 bits per heavy atom. The Hall–Kier alpha value is -1.44. The van der Waals surface area contributed by atoms with Crippen molar-refractivity contribution in [1.82, 2.24) is 15.6 Å². The van der Waals surface area contributed by atoms with E-state index in [4.69, 9.17) is 0 Å². The minimum Gasteiger partial charge on any atom is -0.306 e. The summed E-state index contributed by atoms with van der Waals surface area (Å²) in [5.41, 5.74) is 3.21. The van der Waals surface area contributed by atoms with Crippen molar-refractivity contribution < 1.29 is 13.2 Å². The Bertz CT molecular complexity index is 548. The number of carbonyl (C=O) groups is 1. The van der Waals surface area contributed by atoms with Gasteiger partial charge in [0.05, 0.1) is 10.9 Å². The number of rotatable bonds is 4. The van der Waals surface area contributed by atoms with E-state index in [1.54, 1.807) is 12.1 Å². The summed E-state index contributed by atoms with van der Waals surface area (Å²) in [6.45, 7) is 2.65. The fourth-order valence-electron chi connectivity index (χ4n) is 1.89. The van der Waals surface area contributed by atoms with Gasteiger partial charge in [-0.15, -0.1) is 4.83 Å². The normalized spacial score (nSPS) is 19.3. The predicted octanol–water partition coefficient (Wildman–Crippen LogP) is 0.0565. The molecule has 1 aromatic rings. The molecule has 1 heterocycles. The van der Waals surface area contributed by atoms with Gasteiger partial charge in [-0.1, -0.05) is 17.7 Å². The van der Waals surface area contributed by atoms with Crippen LogP contribution in [0.1, 0.15) is 18.4 Å². The molecule has 1 aromatic carbocycles. The first-order chi connectivity index (χ1) is 8.99. The van der Waals surface area contributed by atoms with Crippen LogP contribution in [0, 0.1) is 6.92 Å². The maximum atomic E-state index is 11.9. The van der Waals surface area contributed by atoms with Gasteiger partial charge in [0.15, 0.2) is 0 Å². The first kappa shape index (κ1) is 14.0. The van der Waals surface area contributed by atoms with Crippen LogP contribution in [0.15, 0.2) is 29.2 Å². The lowest BCUT2D eigenvalue weighted by molar-refractivity contribution is -0.123. The number of sulfonamides is 1. The SMILES string of the molecule is Cc1ccc(S(=O)(=O)NNC(=O)C2CCCN2)cc1. The zero-order valence-corrected chi connectivity index (χ0v) is 11.5. The monoisotopic (exact) mass is 283 g/mol. The van der Waals surface area contributed by atoms with Crippen LogP contribution < -0.4 is 15.6 Å². The lowest BCUT2D eigenvalue weighted by Crippen LogP contribution is -2.48. The van der Waals surface area contributed by atoms with E-state index in [-0.39, 0.29) is 16.8 Å². The maximum absolute atomic E-state index is 11.9. The molecule has 0 spiro atoms. The van der Waals surface area contributed by atoms with Gasteiger partial charge in [-0.25, -0.2) is 8.42 Å². The quantitative estimate of drug-likeness (QED) is 0.682. The van der Waals surface area contributed by atoms with Gasteiger partial charge in [0.2, 0.25) is 0 Å². The smallest absolute Gasteiger partial charge is 0.257 e. The molecule has 7 heteroatoms. The van der Waals surface area contributed by atoms with Crippen LogP contribution in [-0.2, 0) is 14.8 Å². The van der Waals surface area contributed by atoms with Crippen molar-refractivity contribution in [3.63, 3.8) is 0 Å². The van der Waals surface area contributed by atoms with E-state index >= 15 is 0 Å². The van der Waals surface area contributed by atoms with Gasteiger partial charge in [0.25, 0.3) is 15.9 Å². The molecule has 0 saturated carbocycles. The molecule has 1 amide bonds. The standard InChI is InChI=1S/C12H17N3O3S/c1-9-4-6-10(7-5-9)19(17,18)15-14-12(16)11-3-2-8-13-11/h4-7,11,13,15H,2-3,8H2,1H3,(H,14,16). The Morgan fingerprint density at radius 3 is 2.58 bits per heavy atom. The van der Waals surface area contributed by atoms with E-state index in [1.165, 1.54) is 12.1 Å². The van der Waals surface area contributed by atoms with E-state index in [1.807, 2.05) is 6.92 Å². The minimum atomic E-state index is -3.71. The number of hydrogen-bond acceptors (Lipinski definition) is 4. The van der Waals surface area contributed by atoms with Crippen molar-refractivity contribution in [2.45, 2.75) is 30.7 Å². The van der Waals surface area contributed by atoms with Gasteiger partial charge in [-0.3, -0.25) is 10.2 Å². The molecule has 3 N–H and O–H groups in total. The second kappa shape index (κ2) is 5.68. The average Bonchev–Trinajstić information content (AvgIpc) is 2.90. The number of nitrogens with one attached hydrogen (secondary N) is 3. The molecular formula is C12H17N3O3S. The third kappa shape index (κ3) is 3.52. The second-order valence-corrected chi connectivity index (χ2v) is 6.24. The van der Waals surface area contributed by atoms with E-state index < -0.39 is 10.0 Å². The molecule has 2 rings (SSSR count). The highest BCUT2D eigenvalue weighted by Crippen LogP contribution is 2.09. The van der Waals surface area contributed by atoms with E-state index in [0.29, 0.717) is 0 Å². The molecule has 1 aliphatic rings. The Balaban J connectivity index is 1.97. The summed E-state index contributed by atoms with van der Waals surface area (Å²) < 4.78 is 23.8. The van der Waals surface area contributed by atoms with Gasteiger partial charge in [-0.05, 0) is 38.4 Å². The van der Waals surface area contributed by atoms with Crippen molar-refractivity contribution in [1.29, 1.82) is 0 Å². The Kier molecular flexibility index (Phi) is 4.18. The lowest BCUT2D eigenvalue weighted by atomic mass is 10.2. The number of carbonyl (C=O) groups excluding carboxylic acids is 1. The van der Waals surface area contributed by atoms with Crippen molar-refractivity contribution in [2.24, 2.45) is 0 Å². The van der Waals surface area contributed by atoms with Crippen LogP contribution in [0.4, 0.5) is 0 Å². The summed E-state index contributed by atoms with van der Waals surface area (Å²) in [5.74, 6) is -0.354. The van der Waals surface area contributed by atoms with E-state index in [0.717, 1.165) is 24.9 Å². The molecule has 19 heavy (non-hydrogen) atoms. The molecule has 0 aromatic heterocycles. The molecule has 1 fully saturated rings. The molecule has 1 unspecified atom stereocenters. The first-order valence-electron chi connectivity index (χ1n) is 6.11. The summed E-state index contributed by atoms with van der Waals surface area (Å²) in [6.07, 6.45) is 1.64. The van der Waals surface area contributed by atoms with E-state index in [2.05, 4.69) is 15.6 Å². The zero-order valence-electron chi connectivity index (χ0n) is 10.6. The minimum absolute atomic E-state index is 0.123. The lowest BCUT2D eigenvalue weighted by Gasteiger charge is -2.12. The highest BCUT2D eigenvalue weighted by atomic mass is 32.2. The molecule has 1 aliphatic heterocycles. The Morgan fingerprint density at radius 1 is 1.32 bits per heavy atom. The molecular weight excluding hydrogens is 266 g/mol. The van der Waals surface area contributed by atoms with Crippen molar-refractivity contribution in [2.75, 3.05) is 6.54 Å². The van der Waals surface area contributed by atoms with E-state index in [9.17, 15) is 13.2 Å². The first-order valence-corrected chi connectivity index (χ1v) is 7.59. The molecule has 6 nitrogen and oxygen atoms in total. The van der Waals surface area contributed by atoms with Crippen molar-refractivity contribution >= 4 is 15.9 Å². The number of hydrogen-bond donors (Lipinski definition) is 3. The topological polar surface area (TPSA) is 87.3 Å². The highest BCUT2D eigenvalue weighted by molar-refractivity contribution is 7.89. The zero-order chi connectivity index (χ0) is 13.9. The fourth-order valence-corrected chi connectivity index (χ4v) is 2.74. The summed E-state index contributed by atoms with van der Waals surface area (Å²) in [6, 6.07) is 6.08. The number of hydrazine groups is 1. The van der Waals surface area contributed by atoms with Crippen LogP contribution in [0.25, 0.3) is 0 Å². The van der Waals surface area contributed by atoms with Crippen LogP contribution in [0.5, 0.6) is 0 Å². The third-order valence-corrected chi connectivity index (χ3v) is 4.28. The van der Waals surface area contributed by atoms with Gasteiger partial charge >= 0.3 is 0 Å². The van der Waals surface area contributed by atoms with Crippen LogP contribution in [0.2, 0.25) is 0 Å². The molecule has 0 radical (unpaired) electrons. The summed E-state index contributed by atoms with van der Waals surface area (Å²) >= 11 is 0. The van der Waals surface area contributed by atoms with Gasteiger partial charge in [-0.2, -0.15) is 0 Å². The molecule has 104 valence electrons. The maximum Gasteiger partial charge on any atom is 0.257 e. The average molecular weight is 283 g/mol. The molecule has 0 bridgehead atoms. The second-order valence-electron chi connectivity index (χ2n) is 4.56. The van der Waals surface area contributed by atoms with Crippen LogP contribution >= 0.6 is 0 Å². The summed E-state index contributed by atoms with van der Waals surface area (Å²) in [4.78, 5) is 13.9. The van der Waals surface area contributed by atoms with Crippen LogP contribution in [-0.4, -0.2) is 26.9 Å². The van der Waals surface area contributed by atoms with Crippen molar-refractivity contribution in [3.05, 3.63) is 29.8 Å². The van der Waals surface area contributed by atoms with Gasteiger partial charge in [0.1, 0.15) is 0 Å².